The molecule has 0 aromatic heterocycles. The van der Waals surface area contributed by atoms with Gasteiger partial charge in [0.2, 0.25) is 0 Å². The van der Waals surface area contributed by atoms with Gasteiger partial charge >= 0.3 is 0 Å². The molecular weight excluding hydrogens is 224 g/mol. The molecule has 3 heteroatoms. The van der Waals surface area contributed by atoms with Gasteiger partial charge in [-0.15, -0.1) is 0 Å². The molecule has 1 atom stereocenters. The Hall–Kier alpha value is -1.06. The number of benzene rings is 1. The van der Waals surface area contributed by atoms with Gasteiger partial charge in [0.1, 0.15) is 0 Å². The van der Waals surface area contributed by atoms with Crippen molar-refractivity contribution in [2.45, 2.75) is 39.3 Å². The summed E-state index contributed by atoms with van der Waals surface area (Å²) >= 11 is 0. The predicted octanol–water partition coefficient (Wildman–Crippen LogP) is 1.85. The molecule has 2 N–H and O–H groups in total. The van der Waals surface area contributed by atoms with E-state index < -0.39 is 0 Å². The first-order valence-electron chi connectivity index (χ1n) is 6.64. The summed E-state index contributed by atoms with van der Waals surface area (Å²) in [4.78, 5) is 2.42. The highest BCUT2D eigenvalue weighted by Crippen LogP contribution is 2.30. The molecule has 1 unspecified atom stereocenters. The van der Waals surface area contributed by atoms with Gasteiger partial charge in [-0.2, -0.15) is 0 Å². The summed E-state index contributed by atoms with van der Waals surface area (Å²) in [7, 11) is 0. The van der Waals surface area contributed by atoms with Crippen LogP contribution in [0.2, 0.25) is 0 Å². The van der Waals surface area contributed by atoms with Crippen molar-refractivity contribution in [2.75, 3.05) is 24.6 Å². The van der Waals surface area contributed by atoms with Crippen LogP contribution in [0.5, 0.6) is 0 Å². The Kier molecular flexibility index (Phi) is 3.64. The summed E-state index contributed by atoms with van der Waals surface area (Å²) in [6, 6.07) is 6.61. The fourth-order valence-corrected chi connectivity index (χ4v) is 2.60. The zero-order valence-electron chi connectivity index (χ0n) is 11.8. The lowest BCUT2D eigenvalue weighted by molar-refractivity contribution is 0.210. The second kappa shape index (κ2) is 4.90. The summed E-state index contributed by atoms with van der Waals surface area (Å²) in [5.74, 6) is 0. The molecule has 1 saturated heterocycles. The highest BCUT2D eigenvalue weighted by Gasteiger charge is 2.34. The lowest BCUT2D eigenvalue weighted by atomic mass is 9.94. The average Bonchev–Trinajstić information content (AvgIpc) is 2.33. The smallest absolute Gasteiger partial charge is 0.0601 e. The Morgan fingerprint density at radius 1 is 1.39 bits per heavy atom. The number of aliphatic hydroxyl groups excluding tert-OH is 1. The summed E-state index contributed by atoms with van der Waals surface area (Å²) in [6.45, 7) is 10.8. The number of anilines is 1. The molecule has 0 saturated carbocycles. The first-order chi connectivity index (χ1) is 8.45. The maximum atomic E-state index is 9.36. The first kappa shape index (κ1) is 13.4. The Morgan fingerprint density at radius 3 is 2.78 bits per heavy atom. The van der Waals surface area contributed by atoms with Crippen LogP contribution in [0.1, 0.15) is 25.0 Å². The van der Waals surface area contributed by atoms with E-state index in [0.717, 1.165) is 13.1 Å². The molecule has 0 radical (unpaired) electrons. The van der Waals surface area contributed by atoms with Crippen LogP contribution in [-0.2, 0) is 0 Å². The van der Waals surface area contributed by atoms with Crippen molar-refractivity contribution in [2.24, 2.45) is 0 Å². The van der Waals surface area contributed by atoms with Gasteiger partial charge in [-0.1, -0.05) is 12.1 Å². The van der Waals surface area contributed by atoms with E-state index in [9.17, 15) is 5.11 Å². The minimum absolute atomic E-state index is 0.0736. The molecule has 2 rings (SSSR count). The maximum absolute atomic E-state index is 9.36. The van der Waals surface area contributed by atoms with E-state index in [1.165, 1.54) is 16.8 Å². The number of piperazine rings is 1. The van der Waals surface area contributed by atoms with Gasteiger partial charge in [-0.05, 0) is 44.9 Å². The van der Waals surface area contributed by atoms with Crippen molar-refractivity contribution in [3.05, 3.63) is 29.3 Å². The Bertz CT molecular complexity index is 429. The van der Waals surface area contributed by atoms with Crippen molar-refractivity contribution in [3.63, 3.8) is 0 Å². The maximum Gasteiger partial charge on any atom is 0.0601 e. The summed E-state index contributed by atoms with van der Waals surface area (Å²) in [6.07, 6.45) is 0. The van der Waals surface area contributed by atoms with Gasteiger partial charge in [0.05, 0.1) is 6.61 Å². The minimum Gasteiger partial charge on any atom is -0.395 e. The molecule has 1 fully saturated rings. The van der Waals surface area contributed by atoms with Gasteiger partial charge in [0, 0.05) is 30.4 Å². The van der Waals surface area contributed by atoms with Crippen molar-refractivity contribution in [1.29, 1.82) is 0 Å². The molecule has 0 amide bonds. The summed E-state index contributed by atoms with van der Waals surface area (Å²) in [5.41, 5.74) is 4.02. The van der Waals surface area contributed by atoms with Gasteiger partial charge in [-0.3, -0.25) is 0 Å². The lowest BCUT2D eigenvalue weighted by Crippen LogP contribution is -2.63. The van der Waals surface area contributed by atoms with E-state index in [1.807, 2.05) is 0 Å². The van der Waals surface area contributed by atoms with Crippen LogP contribution in [0, 0.1) is 13.8 Å². The zero-order chi connectivity index (χ0) is 13.3. The van der Waals surface area contributed by atoms with Crippen LogP contribution in [0.4, 0.5) is 5.69 Å². The highest BCUT2D eigenvalue weighted by molar-refractivity contribution is 5.58. The zero-order valence-corrected chi connectivity index (χ0v) is 11.8. The summed E-state index contributed by atoms with van der Waals surface area (Å²) in [5, 5.41) is 12.8. The van der Waals surface area contributed by atoms with Gasteiger partial charge in [0.15, 0.2) is 0 Å². The van der Waals surface area contributed by atoms with E-state index in [0.29, 0.717) is 0 Å². The molecule has 0 aliphatic carbocycles. The van der Waals surface area contributed by atoms with Gasteiger partial charge in [0.25, 0.3) is 0 Å². The fraction of sp³-hybridized carbons (Fsp3) is 0.600. The van der Waals surface area contributed by atoms with Gasteiger partial charge in [-0.25, -0.2) is 0 Å². The van der Waals surface area contributed by atoms with E-state index in [-0.39, 0.29) is 18.2 Å². The number of nitrogens with zero attached hydrogens (tertiary/aromatic N) is 1. The molecule has 3 nitrogen and oxygen atoms in total. The van der Waals surface area contributed by atoms with Crippen LogP contribution in [0.25, 0.3) is 0 Å². The van der Waals surface area contributed by atoms with E-state index >= 15 is 0 Å². The Balaban J connectivity index is 2.36. The highest BCUT2D eigenvalue weighted by atomic mass is 16.3. The van der Waals surface area contributed by atoms with E-state index in [2.05, 4.69) is 56.1 Å². The quantitative estimate of drug-likeness (QED) is 0.838. The van der Waals surface area contributed by atoms with Crippen LogP contribution in [0.3, 0.4) is 0 Å². The number of hydrogen-bond acceptors (Lipinski definition) is 3. The standard InChI is InChI=1S/C15H24N2O/c1-11-6-5-7-14(12(11)2)17-8-13(9-18)16-10-15(17,3)4/h5-7,13,16,18H,8-10H2,1-4H3. The molecule has 1 aliphatic heterocycles. The van der Waals surface area contributed by atoms with E-state index in [1.54, 1.807) is 0 Å². The number of hydrogen-bond donors (Lipinski definition) is 2. The molecule has 1 aromatic rings. The third-order valence-corrected chi connectivity index (χ3v) is 4.04. The molecule has 1 aliphatic rings. The van der Waals surface area contributed by atoms with Gasteiger partial charge < -0.3 is 15.3 Å². The van der Waals surface area contributed by atoms with Crippen molar-refractivity contribution >= 4 is 5.69 Å². The normalized spacial score (nSPS) is 23.2. The molecule has 1 heterocycles. The molecule has 1 aromatic carbocycles. The average molecular weight is 248 g/mol. The Morgan fingerprint density at radius 2 is 2.11 bits per heavy atom. The predicted molar refractivity (Wildman–Crippen MR) is 76.2 cm³/mol. The van der Waals surface area contributed by atoms with Crippen molar-refractivity contribution < 1.29 is 5.11 Å². The largest absolute Gasteiger partial charge is 0.395 e. The van der Waals surface area contributed by atoms with Crippen LogP contribution in [0.15, 0.2) is 18.2 Å². The third kappa shape index (κ3) is 2.38. The molecular formula is C15H24N2O. The van der Waals surface area contributed by atoms with E-state index in [4.69, 9.17) is 0 Å². The van der Waals surface area contributed by atoms with Crippen molar-refractivity contribution in [1.82, 2.24) is 5.32 Å². The summed E-state index contributed by atoms with van der Waals surface area (Å²) < 4.78 is 0. The Labute approximate surface area is 110 Å². The fourth-order valence-electron chi connectivity index (χ4n) is 2.60. The minimum atomic E-state index is 0.0736. The number of aryl methyl sites for hydroxylation is 1. The number of rotatable bonds is 2. The topological polar surface area (TPSA) is 35.5 Å². The monoisotopic (exact) mass is 248 g/mol. The first-order valence-corrected chi connectivity index (χ1v) is 6.64. The number of nitrogens with one attached hydrogen (secondary N) is 1. The van der Waals surface area contributed by atoms with Crippen molar-refractivity contribution in [3.8, 4) is 0 Å². The number of aliphatic hydroxyl groups is 1. The third-order valence-electron chi connectivity index (χ3n) is 4.04. The molecule has 18 heavy (non-hydrogen) atoms. The van der Waals surface area contributed by atoms with Crippen LogP contribution < -0.4 is 10.2 Å². The molecule has 100 valence electrons. The van der Waals surface area contributed by atoms with Crippen LogP contribution >= 0.6 is 0 Å². The lowest BCUT2D eigenvalue weighted by Gasteiger charge is -2.48. The second-order valence-corrected chi connectivity index (χ2v) is 5.90. The second-order valence-electron chi connectivity index (χ2n) is 5.90. The molecule has 0 bridgehead atoms. The molecule has 0 spiro atoms. The SMILES string of the molecule is Cc1cccc(N2CC(CO)NCC2(C)C)c1C. The van der Waals surface area contributed by atoms with Crippen LogP contribution in [-0.4, -0.2) is 36.4 Å².